The van der Waals surface area contributed by atoms with E-state index in [4.69, 9.17) is 9.47 Å². The van der Waals surface area contributed by atoms with Gasteiger partial charge in [0.05, 0.1) is 12.1 Å². The standard InChI is InChI=1S/C32H30N4O2/c1-23-12-14-26(15-13-23)28-19-29(36-32(35-28)33-22-34-36)27-16-17-30(37-20-24-8-4-2-5-9-24)31(18-27)38-21-25-10-6-3-7-11-25/h2-18,22,28-29H,19-21H2,1H3,(H,33,34,35)/t28-,29-/m0/s1. The molecule has 6 heteroatoms. The van der Waals surface area contributed by atoms with Crippen LogP contribution in [-0.4, -0.2) is 14.8 Å². The fourth-order valence-corrected chi connectivity index (χ4v) is 4.85. The third kappa shape index (κ3) is 5.25. The number of aryl methyl sites for hydroxylation is 1. The van der Waals surface area contributed by atoms with E-state index >= 15 is 0 Å². The van der Waals surface area contributed by atoms with Gasteiger partial charge >= 0.3 is 0 Å². The second-order valence-corrected chi connectivity index (χ2v) is 9.64. The first kappa shape index (κ1) is 23.8. The van der Waals surface area contributed by atoms with Gasteiger partial charge in [0.2, 0.25) is 5.95 Å². The molecule has 1 aliphatic heterocycles. The molecule has 2 heterocycles. The smallest absolute Gasteiger partial charge is 0.222 e. The molecule has 0 saturated carbocycles. The Labute approximate surface area is 222 Å². The van der Waals surface area contributed by atoms with Crippen molar-refractivity contribution >= 4 is 5.95 Å². The zero-order valence-electron chi connectivity index (χ0n) is 21.3. The van der Waals surface area contributed by atoms with Crippen molar-refractivity contribution in [2.45, 2.75) is 38.6 Å². The van der Waals surface area contributed by atoms with Crippen LogP contribution >= 0.6 is 0 Å². The van der Waals surface area contributed by atoms with E-state index in [0.29, 0.717) is 13.2 Å². The summed E-state index contributed by atoms with van der Waals surface area (Å²) in [6, 6.07) is 35.4. The van der Waals surface area contributed by atoms with Crippen LogP contribution in [0.4, 0.5) is 5.95 Å². The molecular weight excluding hydrogens is 472 g/mol. The topological polar surface area (TPSA) is 61.2 Å². The average molecular weight is 503 g/mol. The lowest BCUT2D eigenvalue weighted by Gasteiger charge is -2.32. The third-order valence-corrected chi connectivity index (χ3v) is 6.94. The number of fused-ring (bicyclic) bond motifs is 1. The molecule has 4 aromatic carbocycles. The van der Waals surface area contributed by atoms with E-state index in [-0.39, 0.29) is 12.1 Å². The normalized spacial score (nSPS) is 16.3. The van der Waals surface area contributed by atoms with Gasteiger partial charge in [-0.2, -0.15) is 10.1 Å². The van der Waals surface area contributed by atoms with Gasteiger partial charge in [0, 0.05) is 0 Å². The average Bonchev–Trinajstić information content (AvgIpc) is 3.45. The van der Waals surface area contributed by atoms with Crippen LogP contribution in [0, 0.1) is 6.92 Å². The Hall–Kier alpha value is -4.58. The lowest BCUT2D eigenvalue weighted by atomic mass is 9.93. The number of ether oxygens (including phenoxy) is 2. The van der Waals surface area contributed by atoms with E-state index in [1.165, 1.54) is 11.1 Å². The molecule has 190 valence electrons. The van der Waals surface area contributed by atoms with Crippen LogP contribution in [0.2, 0.25) is 0 Å². The van der Waals surface area contributed by atoms with Crippen molar-refractivity contribution in [3.63, 3.8) is 0 Å². The van der Waals surface area contributed by atoms with E-state index in [9.17, 15) is 0 Å². The molecule has 1 aliphatic rings. The van der Waals surface area contributed by atoms with Crippen LogP contribution in [0.25, 0.3) is 0 Å². The van der Waals surface area contributed by atoms with Crippen molar-refractivity contribution in [1.82, 2.24) is 14.8 Å². The van der Waals surface area contributed by atoms with Crippen molar-refractivity contribution < 1.29 is 9.47 Å². The van der Waals surface area contributed by atoms with Gasteiger partial charge in [-0.15, -0.1) is 0 Å². The summed E-state index contributed by atoms with van der Waals surface area (Å²) in [6.45, 7) is 3.03. The first-order chi connectivity index (χ1) is 18.7. The summed E-state index contributed by atoms with van der Waals surface area (Å²) in [4.78, 5) is 4.49. The molecule has 0 radical (unpaired) electrons. The summed E-state index contributed by atoms with van der Waals surface area (Å²) in [6.07, 6.45) is 2.44. The van der Waals surface area contributed by atoms with E-state index in [1.54, 1.807) is 6.33 Å². The molecule has 5 aromatic rings. The van der Waals surface area contributed by atoms with Crippen LogP contribution in [0.3, 0.4) is 0 Å². The summed E-state index contributed by atoms with van der Waals surface area (Å²) in [5.41, 5.74) is 5.79. The minimum Gasteiger partial charge on any atom is -0.485 e. The molecular formula is C32H30N4O2. The maximum absolute atomic E-state index is 6.35. The van der Waals surface area contributed by atoms with Gasteiger partial charge in [0.15, 0.2) is 11.5 Å². The van der Waals surface area contributed by atoms with Crippen molar-refractivity contribution in [3.8, 4) is 11.5 Å². The monoisotopic (exact) mass is 502 g/mol. The number of hydrogen-bond acceptors (Lipinski definition) is 5. The van der Waals surface area contributed by atoms with Crippen LogP contribution in [-0.2, 0) is 13.2 Å². The minimum absolute atomic E-state index is 0.00213. The maximum Gasteiger partial charge on any atom is 0.222 e. The fraction of sp³-hybridized carbons (Fsp3) is 0.188. The van der Waals surface area contributed by atoms with Crippen molar-refractivity contribution in [1.29, 1.82) is 0 Å². The predicted molar refractivity (Wildman–Crippen MR) is 148 cm³/mol. The molecule has 0 spiro atoms. The van der Waals surface area contributed by atoms with Crippen LogP contribution in [0.15, 0.2) is 109 Å². The Morgan fingerprint density at radius 1 is 0.763 bits per heavy atom. The molecule has 6 rings (SSSR count). The van der Waals surface area contributed by atoms with Gasteiger partial charge in [0.1, 0.15) is 19.5 Å². The summed E-state index contributed by atoms with van der Waals surface area (Å²) in [5, 5.41) is 8.11. The van der Waals surface area contributed by atoms with Gasteiger partial charge in [-0.1, -0.05) is 96.6 Å². The Bertz CT molecular complexity index is 1480. The lowest BCUT2D eigenvalue weighted by molar-refractivity contribution is 0.255. The number of nitrogens with one attached hydrogen (secondary N) is 1. The molecule has 0 saturated heterocycles. The number of hydrogen-bond donors (Lipinski definition) is 1. The van der Waals surface area contributed by atoms with Crippen LogP contribution < -0.4 is 14.8 Å². The second kappa shape index (κ2) is 10.8. The highest BCUT2D eigenvalue weighted by atomic mass is 16.5. The van der Waals surface area contributed by atoms with E-state index in [2.05, 4.69) is 83.0 Å². The highest BCUT2D eigenvalue weighted by Crippen LogP contribution is 2.40. The molecule has 0 amide bonds. The number of benzene rings is 4. The molecule has 0 fully saturated rings. The zero-order chi connectivity index (χ0) is 25.7. The fourth-order valence-electron chi connectivity index (χ4n) is 4.85. The molecule has 6 nitrogen and oxygen atoms in total. The van der Waals surface area contributed by atoms with Crippen molar-refractivity contribution in [3.05, 3.63) is 137 Å². The summed E-state index contributed by atoms with van der Waals surface area (Å²) in [5.74, 6) is 2.20. The van der Waals surface area contributed by atoms with Gasteiger partial charge in [0.25, 0.3) is 0 Å². The summed E-state index contributed by atoms with van der Waals surface area (Å²) >= 11 is 0. The summed E-state index contributed by atoms with van der Waals surface area (Å²) < 4.78 is 14.6. The highest BCUT2D eigenvalue weighted by molar-refractivity contribution is 5.46. The molecule has 38 heavy (non-hydrogen) atoms. The highest BCUT2D eigenvalue weighted by Gasteiger charge is 2.30. The number of anilines is 1. The first-order valence-corrected chi connectivity index (χ1v) is 12.9. The Morgan fingerprint density at radius 3 is 2.08 bits per heavy atom. The minimum atomic E-state index is 0.00213. The third-order valence-electron chi connectivity index (χ3n) is 6.94. The van der Waals surface area contributed by atoms with Gasteiger partial charge in [-0.3, -0.25) is 0 Å². The molecule has 0 bridgehead atoms. The molecule has 1 N–H and O–H groups in total. The summed E-state index contributed by atoms with van der Waals surface area (Å²) in [7, 11) is 0. The van der Waals surface area contributed by atoms with Crippen molar-refractivity contribution in [2.75, 3.05) is 5.32 Å². The zero-order valence-corrected chi connectivity index (χ0v) is 21.3. The quantitative estimate of drug-likeness (QED) is 0.250. The van der Waals surface area contributed by atoms with Gasteiger partial charge in [-0.25, -0.2) is 4.68 Å². The molecule has 2 atom stereocenters. The largest absolute Gasteiger partial charge is 0.485 e. The number of rotatable bonds is 8. The molecule has 0 aliphatic carbocycles. The number of nitrogens with zero attached hydrogens (tertiary/aromatic N) is 3. The Morgan fingerprint density at radius 2 is 1.39 bits per heavy atom. The van der Waals surface area contributed by atoms with E-state index < -0.39 is 0 Å². The predicted octanol–water partition coefficient (Wildman–Crippen LogP) is 6.89. The van der Waals surface area contributed by atoms with Crippen LogP contribution in [0.5, 0.6) is 11.5 Å². The maximum atomic E-state index is 6.35. The number of aromatic nitrogens is 3. The van der Waals surface area contributed by atoms with Gasteiger partial charge in [-0.05, 0) is 47.7 Å². The molecule has 1 aromatic heterocycles. The Balaban J connectivity index is 1.31. The van der Waals surface area contributed by atoms with E-state index in [0.717, 1.165) is 40.6 Å². The SMILES string of the molecule is Cc1ccc([C@@H]2C[C@@H](c3ccc(OCc4ccccc4)c(OCc4ccccc4)c3)n3ncnc3N2)cc1. The second-order valence-electron chi connectivity index (χ2n) is 9.64. The van der Waals surface area contributed by atoms with E-state index in [1.807, 2.05) is 47.1 Å². The van der Waals surface area contributed by atoms with Crippen LogP contribution in [0.1, 0.15) is 46.3 Å². The first-order valence-electron chi connectivity index (χ1n) is 12.9. The Kier molecular flexibility index (Phi) is 6.77. The van der Waals surface area contributed by atoms with Gasteiger partial charge < -0.3 is 14.8 Å². The lowest BCUT2D eigenvalue weighted by Crippen LogP contribution is -2.28. The molecule has 0 unspecified atom stereocenters. The van der Waals surface area contributed by atoms with Crippen molar-refractivity contribution in [2.24, 2.45) is 0 Å².